The first-order valence-corrected chi connectivity index (χ1v) is 5.10. The molecule has 2 rings (SSSR count). The smallest absolute Gasteiger partial charge is 0.413 e. The average molecular weight is 235 g/mol. The van der Waals surface area contributed by atoms with Gasteiger partial charge in [0.05, 0.1) is 0 Å². The van der Waals surface area contributed by atoms with Crippen molar-refractivity contribution in [2.24, 2.45) is 0 Å². The van der Waals surface area contributed by atoms with E-state index in [0.29, 0.717) is 11.5 Å². The average Bonchev–Trinajstić information content (AvgIpc) is 2.63. The number of aromatic nitrogens is 4. The lowest BCUT2D eigenvalue weighted by atomic mass is 10.2. The quantitative estimate of drug-likeness (QED) is 0.809. The van der Waals surface area contributed by atoms with Gasteiger partial charge in [-0.05, 0) is 20.8 Å². The van der Waals surface area contributed by atoms with E-state index < -0.39 is 11.7 Å². The number of ether oxygens (including phenoxy) is 1. The van der Waals surface area contributed by atoms with Gasteiger partial charge in [-0.25, -0.2) is 19.3 Å². The number of fused-ring (bicyclic) bond motifs is 1. The van der Waals surface area contributed by atoms with Crippen LogP contribution in [0.4, 0.5) is 10.6 Å². The van der Waals surface area contributed by atoms with Crippen molar-refractivity contribution < 1.29 is 9.53 Å². The van der Waals surface area contributed by atoms with Gasteiger partial charge in [0.15, 0.2) is 11.5 Å². The summed E-state index contributed by atoms with van der Waals surface area (Å²) in [6.45, 7) is 5.37. The van der Waals surface area contributed by atoms with Gasteiger partial charge in [0.25, 0.3) is 0 Å². The molecule has 0 saturated carbocycles. The molecular weight excluding hydrogens is 222 g/mol. The summed E-state index contributed by atoms with van der Waals surface area (Å²) in [6, 6.07) is 0. The number of nitrogens with zero attached hydrogens (tertiary/aromatic N) is 4. The van der Waals surface area contributed by atoms with Gasteiger partial charge in [0.1, 0.15) is 11.9 Å². The third-order valence-corrected chi connectivity index (χ3v) is 1.82. The number of rotatable bonds is 1. The number of imidazole rings is 1. The first-order valence-electron chi connectivity index (χ1n) is 5.10. The standard InChI is InChI=1S/C10H13N5O2/c1-10(2,3)17-9(16)14-7-8-11-4-5-15(8)13-6-12-7/h4-6H,1-3H3,(H,12,13,14,16). The molecule has 7 nitrogen and oxygen atoms in total. The zero-order chi connectivity index (χ0) is 12.5. The van der Waals surface area contributed by atoms with Crippen molar-refractivity contribution in [1.82, 2.24) is 19.6 Å². The highest BCUT2D eigenvalue weighted by Gasteiger charge is 2.17. The van der Waals surface area contributed by atoms with Crippen molar-refractivity contribution in [3.8, 4) is 0 Å². The molecule has 2 heterocycles. The van der Waals surface area contributed by atoms with Crippen molar-refractivity contribution in [3.05, 3.63) is 18.7 Å². The summed E-state index contributed by atoms with van der Waals surface area (Å²) in [6.07, 6.45) is 4.00. The number of nitrogens with one attached hydrogen (secondary N) is 1. The third kappa shape index (κ3) is 2.68. The lowest BCUT2D eigenvalue weighted by Crippen LogP contribution is -2.27. The number of carbonyl (C=O) groups excluding carboxylic acids is 1. The Hall–Kier alpha value is -2.18. The van der Waals surface area contributed by atoms with Crippen LogP contribution in [-0.4, -0.2) is 31.3 Å². The highest BCUT2D eigenvalue weighted by atomic mass is 16.6. The Kier molecular flexibility index (Phi) is 2.66. The maximum atomic E-state index is 11.6. The SMILES string of the molecule is CC(C)(C)OC(=O)Nc1ncnn2ccnc12. The summed E-state index contributed by atoms with van der Waals surface area (Å²) in [5.41, 5.74) is -0.0821. The van der Waals surface area contributed by atoms with Crippen LogP contribution < -0.4 is 5.32 Å². The molecule has 0 aromatic carbocycles. The summed E-state index contributed by atoms with van der Waals surface area (Å²) in [5.74, 6) is 0.319. The molecule has 1 N–H and O–H groups in total. The summed E-state index contributed by atoms with van der Waals surface area (Å²) in [4.78, 5) is 19.5. The summed E-state index contributed by atoms with van der Waals surface area (Å²) in [5, 5.41) is 6.47. The fourth-order valence-corrected chi connectivity index (χ4v) is 1.25. The van der Waals surface area contributed by atoms with Crippen molar-refractivity contribution >= 4 is 17.6 Å². The molecule has 0 bridgehead atoms. The third-order valence-electron chi connectivity index (χ3n) is 1.82. The molecule has 0 radical (unpaired) electrons. The zero-order valence-electron chi connectivity index (χ0n) is 9.84. The second kappa shape index (κ2) is 4.00. The van der Waals surface area contributed by atoms with Crippen molar-refractivity contribution in [2.45, 2.75) is 26.4 Å². The minimum absolute atomic E-state index is 0.319. The van der Waals surface area contributed by atoms with E-state index in [4.69, 9.17) is 4.74 Å². The molecule has 0 aliphatic carbocycles. The number of hydrogen-bond acceptors (Lipinski definition) is 5. The fraction of sp³-hybridized carbons (Fsp3) is 0.400. The van der Waals surface area contributed by atoms with E-state index >= 15 is 0 Å². The van der Waals surface area contributed by atoms with Gasteiger partial charge in [-0.3, -0.25) is 5.32 Å². The minimum atomic E-state index is -0.568. The fourth-order valence-electron chi connectivity index (χ4n) is 1.25. The van der Waals surface area contributed by atoms with Crippen LogP contribution in [0, 0.1) is 0 Å². The second-order valence-electron chi connectivity index (χ2n) is 4.43. The summed E-state index contributed by atoms with van der Waals surface area (Å²) < 4.78 is 6.63. The van der Waals surface area contributed by atoms with Crippen molar-refractivity contribution in [1.29, 1.82) is 0 Å². The molecule has 17 heavy (non-hydrogen) atoms. The molecule has 0 aliphatic heterocycles. The molecule has 2 aromatic rings. The van der Waals surface area contributed by atoms with Crippen LogP contribution in [-0.2, 0) is 4.74 Å². The second-order valence-corrected chi connectivity index (χ2v) is 4.43. The van der Waals surface area contributed by atoms with Crippen molar-refractivity contribution in [2.75, 3.05) is 5.32 Å². The largest absolute Gasteiger partial charge is 0.444 e. The van der Waals surface area contributed by atoms with Gasteiger partial charge in [0, 0.05) is 12.4 Å². The van der Waals surface area contributed by atoms with Crippen LogP contribution in [0.15, 0.2) is 18.7 Å². The predicted octanol–water partition coefficient (Wildman–Crippen LogP) is 1.47. The maximum Gasteiger partial charge on any atom is 0.413 e. The van der Waals surface area contributed by atoms with E-state index in [1.165, 1.54) is 10.8 Å². The Labute approximate surface area is 97.8 Å². The molecule has 2 aromatic heterocycles. The minimum Gasteiger partial charge on any atom is -0.444 e. The lowest BCUT2D eigenvalue weighted by Gasteiger charge is -2.19. The molecule has 0 atom stereocenters. The Balaban J connectivity index is 2.18. The van der Waals surface area contributed by atoms with Crippen LogP contribution in [0.5, 0.6) is 0 Å². The van der Waals surface area contributed by atoms with Crippen LogP contribution in [0.25, 0.3) is 5.65 Å². The molecule has 0 aliphatic rings. The summed E-state index contributed by atoms with van der Waals surface area (Å²) in [7, 11) is 0. The van der Waals surface area contributed by atoms with Crippen LogP contribution in [0.2, 0.25) is 0 Å². The van der Waals surface area contributed by atoms with E-state index in [-0.39, 0.29) is 0 Å². The Morgan fingerprint density at radius 3 is 2.88 bits per heavy atom. The summed E-state index contributed by atoms with van der Waals surface area (Å²) >= 11 is 0. The lowest BCUT2D eigenvalue weighted by molar-refractivity contribution is 0.0635. The van der Waals surface area contributed by atoms with Gasteiger partial charge in [-0.2, -0.15) is 5.10 Å². The van der Waals surface area contributed by atoms with Gasteiger partial charge >= 0.3 is 6.09 Å². The molecular formula is C10H13N5O2. The van der Waals surface area contributed by atoms with Crippen LogP contribution >= 0.6 is 0 Å². The molecule has 90 valence electrons. The first-order chi connectivity index (χ1) is 7.96. The predicted molar refractivity (Wildman–Crippen MR) is 60.6 cm³/mol. The molecule has 7 heteroatoms. The Morgan fingerprint density at radius 2 is 2.18 bits per heavy atom. The molecule has 0 saturated heterocycles. The Bertz CT molecular complexity index is 543. The van der Waals surface area contributed by atoms with Crippen molar-refractivity contribution in [3.63, 3.8) is 0 Å². The van der Waals surface area contributed by atoms with E-state index in [0.717, 1.165) is 0 Å². The highest BCUT2D eigenvalue weighted by molar-refractivity contribution is 5.87. The van der Waals surface area contributed by atoms with E-state index in [1.807, 2.05) is 0 Å². The molecule has 1 amide bonds. The zero-order valence-corrected chi connectivity index (χ0v) is 9.84. The normalized spacial score (nSPS) is 11.5. The van der Waals surface area contributed by atoms with Crippen LogP contribution in [0.1, 0.15) is 20.8 Å². The van der Waals surface area contributed by atoms with E-state index in [1.54, 1.807) is 33.2 Å². The number of anilines is 1. The highest BCUT2D eigenvalue weighted by Crippen LogP contribution is 2.12. The monoisotopic (exact) mass is 235 g/mol. The number of amides is 1. The molecule has 0 spiro atoms. The van der Waals surface area contributed by atoms with Gasteiger partial charge in [0.2, 0.25) is 0 Å². The van der Waals surface area contributed by atoms with E-state index in [2.05, 4.69) is 20.4 Å². The number of hydrogen-bond donors (Lipinski definition) is 1. The molecule has 0 unspecified atom stereocenters. The number of carbonyl (C=O) groups is 1. The van der Waals surface area contributed by atoms with Gasteiger partial charge < -0.3 is 4.74 Å². The maximum absolute atomic E-state index is 11.6. The van der Waals surface area contributed by atoms with Gasteiger partial charge in [-0.15, -0.1) is 0 Å². The van der Waals surface area contributed by atoms with Gasteiger partial charge in [-0.1, -0.05) is 0 Å². The Morgan fingerprint density at radius 1 is 1.41 bits per heavy atom. The van der Waals surface area contributed by atoms with E-state index in [9.17, 15) is 4.79 Å². The van der Waals surface area contributed by atoms with Crippen LogP contribution in [0.3, 0.4) is 0 Å². The molecule has 0 fully saturated rings. The first kappa shape index (κ1) is 11.3. The topological polar surface area (TPSA) is 81.4 Å².